The number of rotatable bonds is 31. The molecule has 0 saturated carbocycles. The Morgan fingerprint density at radius 3 is 1.41 bits per heavy atom. The zero-order chi connectivity index (χ0) is 28.7. The maximum Gasteiger partial charge on any atom is 0.161 e. The van der Waals surface area contributed by atoms with Crippen LogP contribution in [0.4, 0.5) is 0 Å². The first-order chi connectivity index (χ1) is 19.1. The van der Waals surface area contributed by atoms with E-state index in [9.17, 15) is 14.7 Å². The maximum absolute atomic E-state index is 12.2. The van der Waals surface area contributed by atoms with Crippen LogP contribution in [0.5, 0.6) is 0 Å². The maximum atomic E-state index is 12.2. The Bertz CT molecular complexity index is 592. The lowest BCUT2D eigenvalue weighted by molar-refractivity contribution is -0.132. The highest BCUT2D eigenvalue weighted by molar-refractivity contribution is 5.89. The van der Waals surface area contributed by atoms with E-state index in [-0.39, 0.29) is 18.0 Å². The summed E-state index contributed by atoms with van der Waals surface area (Å²) in [5.74, 6) is -0.113. The van der Waals surface area contributed by atoms with E-state index in [1.807, 2.05) is 0 Å². The van der Waals surface area contributed by atoms with Crippen molar-refractivity contribution in [3.05, 3.63) is 24.3 Å². The minimum atomic E-state index is -1.09. The molecule has 228 valence electrons. The second-order valence-electron chi connectivity index (χ2n) is 11.7. The highest BCUT2D eigenvalue weighted by atomic mass is 16.3. The molecular formula is C36H66O3. The normalized spacial score (nSPS) is 12.6. The molecule has 0 rings (SSSR count). The van der Waals surface area contributed by atoms with Crippen LogP contribution in [0, 0.1) is 0 Å². The Morgan fingerprint density at radius 1 is 0.513 bits per heavy atom. The largest absolute Gasteiger partial charge is 0.385 e. The molecule has 0 heterocycles. The van der Waals surface area contributed by atoms with Gasteiger partial charge in [0.05, 0.1) is 0 Å². The SMILES string of the molecule is CCCCC/C=C\C/C=C\CCCCCCCC(=O)CC(O)C(=O)CCCCCCCCCCCCCCC. The standard InChI is InChI=1S/C36H66O3/c1-3-5-7-9-11-13-15-17-18-20-21-23-25-27-29-31-34(37)33-36(39)35(38)32-30-28-26-24-22-19-16-14-12-10-8-6-4-2/h11,13,17-18,36,39H,3-10,12,14-16,19-33H2,1-2H3/b13-11-,18-17-. The number of ketones is 2. The molecule has 39 heavy (non-hydrogen) atoms. The molecule has 0 radical (unpaired) electrons. The topological polar surface area (TPSA) is 54.4 Å². The minimum absolute atomic E-state index is 0.00905. The predicted molar refractivity (Wildman–Crippen MR) is 170 cm³/mol. The number of aliphatic hydroxyl groups excluding tert-OH is 1. The number of unbranched alkanes of at least 4 members (excludes halogenated alkanes) is 20. The fourth-order valence-corrected chi connectivity index (χ4v) is 5.05. The summed E-state index contributed by atoms with van der Waals surface area (Å²) < 4.78 is 0. The van der Waals surface area contributed by atoms with Gasteiger partial charge in [0.2, 0.25) is 0 Å². The summed E-state index contributed by atoms with van der Waals surface area (Å²) in [4.78, 5) is 24.3. The first-order valence-corrected chi connectivity index (χ1v) is 17.1. The van der Waals surface area contributed by atoms with Crippen molar-refractivity contribution in [2.75, 3.05) is 0 Å². The molecule has 1 atom stereocenters. The highest BCUT2D eigenvalue weighted by Crippen LogP contribution is 2.14. The first kappa shape index (κ1) is 37.8. The van der Waals surface area contributed by atoms with E-state index >= 15 is 0 Å². The van der Waals surface area contributed by atoms with E-state index in [0.717, 1.165) is 44.9 Å². The second-order valence-corrected chi connectivity index (χ2v) is 11.7. The molecule has 0 aromatic carbocycles. The molecule has 0 spiro atoms. The van der Waals surface area contributed by atoms with Crippen LogP contribution in [0.3, 0.4) is 0 Å². The molecule has 0 amide bonds. The molecule has 0 aliphatic carbocycles. The predicted octanol–water partition coefficient (Wildman–Crippen LogP) is 11.2. The van der Waals surface area contributed by atoms with Crippen LogP contribution < -0.4 is 0 Å². The molecule has 3 nitrogen and oxygen atoms in total. The van der Waals surface area contributed by atoms with Crippen molar-refractivity contribution >= 4 is 11.6 Å². The fourth-order valence-electron chi connectivity index (χ4n) is 5.05. The smallest absolute Gasteiger partial charge is 0.161 e. The van der Waals surface area contributed by atoms with Gasteiger partial charge in [-0.1, -0.05) is 147 Å². The lowest BCUT2D eigenvalue weighted by Gasteiger charge is -2.09. The molecular weight excluding hydrogens is 480 g/mol. The van der Waals surface area contributed by atoms with Crippen LogP contribution in [0.1, 0.15) is 187 Å². The summed E-state index contributed by atoms with van der Waals surface area (Å²) in [6, 6.07) is 0. The van der Waals surface area contributed by atoms with Gasteiger partial charge in [0.1, 0.15) is 11.9 Å². The van der Waals surface area contributed by atoms with E-state index in [4.69, 9.17) is 0 Å². The van der Waals surface area contributed by atoms with Gasteiger partial charge in [-0.05, 0) is 44.9 Å². The zero-order valence-electron chi connectivity index (χ0n) is 26.2. The number of carbonyl (C=O) groups excluding carboxylic acids is 2. The number of hydrogen-bond acceptors (Lipinski definition) is 3. The van der Waals surface area contributed by atoms with Gasteiger partial charge < -0.3 is 5.11 Å². The molecule has 1 unspecified atom stereocenters. The van der Waals surface area contributed by atoms with Crippen LogP contribution in [-0.4, -0.2) is 22.8 Å². The Morgan fingerprint density at radius 2 is 0.897 bits per heavy atom. The molecule has 0 bridgehead atoms. The Balaban J connectivity index is 3.50. The van der Waals surface area contributed by atoms with Gasteiger partial charge in [0.25, 0.3) is 0 Å². The average molecular weight is 547 g/mol. The summed E-state index contributed by atoms with van der Waals surface area (Å²) in [6.07, 6.45) is 38.3. The number of carbonyl (C=O) groups is 2. The number of Topliss-reactive ketones (excluding diaryl/α,β-unsaturated/α-hetero) is 2. The van der Waals surface area contributed by atoms with Crippen LogP contribution in [0.2, 0.25) is 0 Å². The molecule has 0 aromatic rings. The van der Waals surface area contributed by atoms with Gasteiger partial charge in [-0.15, -0.1) is 0 Å². The summed E-state index contributed by atoms with van der Waals surface area (Å²) in [5.41, 5.74) is 0. The second kappa shape index (κ2) is 31.3. The van der Waals surface area contributed by atoms with Crippen LogP contribution >= 0.6 is 0 Å². The van der Waals surface area contributed by atoms with Crippen molar-refractivity contribution in [2.45, 2.75) is 193 Å². The molecule has 0 aliphatic rings. The number of hydrogen-bond donors (Lipinski definition) is 1. The third-order valence-electron chi connectivity index (χ3n) is 7.73. The Hall–Kier alpha value is -1.22. The van der Waals surface area contributed by atoms with E-state index in [1.54, 1.807) is 0 Å². The van der Waals surface area contributed by atoms with Crippen molar-refractivity contribution in [1.82, 2.24) is 0 Å². The third-order valence-corrected chi connectivity index (χ3v) is 7.73. The number of aliphatic hydroxyl groups is 1. The van der Waals surface area contributed by atoms with Gasteiger partial charge in [0.15, 0.2) is 5.78 Å². The van der Waals surface area contributed by atoms with Crippen molar-refractivity contribution in [2.24, 2.45) is 0 Å². The molecule has 1 N–H and O–H groups in total. The quantitative estimate of drug-likeness (QED) is 0.0695. The monoisotopic (exact) mass is 547 g/mol. The summed E-state index contributed by atoms with van der Waals surface area (Å²) >= 11 is 0. The van der Waals surface area contributed by atoms with Crippen molar-refractivity contribution in [3.63, 3.8) is 0 Å². The van der Waals surface area contributed by atoms with E-state index < -0.39 is 6.10 Å². The van der Waals surface area contributed by atoms with E-state index in [1.165, 1.54) is 109 Å². The van der Waals surface area contributed by atoms with Crippen molar-refractivity contribution in [3.8, 4) is 0 Å². The lowest BCUT2D eigenvalue weighted by atomic mass is 9.99. The summed E-state index contributed by atoms with van der Waals surface area (Å²) in [6.45, 7) is 4.50. The Labute approximate surface area is 243 Å². The van der Waals surface area contributed by atoms with Crippen LogP contribution in [0.25, 0.3) is 0 Å². The van der Waals surface area contributed by atoms with Crippen LogP contribution in [-0.2, 0) is 9.59 Å². The van der Waals surface area contributed by atoms with Crippen molar-refractivity contribution in [1.29, 1.82) is 0 Å². The van der Waals surface area contributed by atoms with Gasteiger partial charge in [-0.25, -0.2) is 0 Å². The third kappa shape index (κ3) is 29.6. The molecule has 0 aromatic heterocycles. The fraction of sp³-hybridized carbons (Fsp3) is 0.833. The minimum Gasteiger partial charge on any atom is -0.385 e. The molecule has 3 heteroatoms. The number of allylic oxidation sites excluding steroid dienone is 4. The lowest BCUT2D eigenvalue weighted by Crippen LogP contribution is -2.23. The van der Waals surface area contributed by atoms with Crippen molar-refractivity contribution < 1.29 is 14.7 Å². The summed E-state index contributed by atoms with van der Waals surface area (Å²) in [7, 11) is 0. The Kier molecular flexibility index (Phi) is 30.3. The zero-order valence-corrected chi connectivity index (χ0v) is 26.2. The van der Waals surface area contributed by atoms with Crippen LogP contribution in [0.15, 0.2) is 24.3 Å². The van der Waals surface area contributed by atoms with Gasteiger partial charge in [0, 0.05) is 19.3 Å². The molecule has 0 aliphatic heterocycles. The highest BCUT2D eigenvalue weighted by Gasteiger charge is 2.18. The van der Waals surface area contributed by atoms with Gasteiger partial charge in [-0.3, -0.25) is 9.59 Å². The van der Waals surface area contributed by atoms with Gasteiger partial charge >= 0.3 is 0 Å². The van der Waals surface area contributed by atoms with E-state index in [2.05, 4.69) is 38.2 Å². The first-order valence-electron chi connectivity index (χ1n) is 17.1. The molecule has 0 saturated heterocycles. The van der Waals surface area contributed by atoms with Gasteiger partial charge in [-0.2, -0.15) is 0 Å². The molecule has 0 fully saturated rings. The van der Waals surface area contributed by atoms with E-state index in [0.29, 0.717) is 12.8 Å². The summed E-state index contributed by atoms with van der Waals surface area (Å²) in [5, 5.41) is 10.1. The average Bonchev–Trinajstić information content (AvgIpc) is 2.93.